The van der Waals surface area contributed by atoms with E-state index in [0.29, 0.717) is 0 Å². The lowest BCUT2D eigenvalue weighted by Gasteiger charge is -2.14. The third-order valence-electron chi connectivity index (χ3n) is 9.69. The van der Waals surface area contributed by atoms with Crippen LogP contribution >= 0.6 is 0 Å². The molecule has 0 amide bonds. The van der Waals surface area contributed by atoms with Gasteiger partial charge < -0.3 is 0 Å². The van der Waals surface area contributed by atoms with Gasteiger partial charge in [-0.3, -0.25) is 4.40 Å². The first kappa shape index (κ1) is 26.0. The Morgan fingerprint density at radius 2 is 0.830 bits per heavy atom. The highest BCUT2D eigenvalue weighted by atomic mass is 15.0. The van der Waals surface area contributed by atoms with Crippen molar-refractivity contribution in [1.82, 2.24) is 9.38 Å². The Bertz CT molecular complexity index is 2760. The summed E-state index contributed by atoms with van der Waals surface area (Å²) in [7, 11) is 0. The molecule has 0 spiro atoms. The molecule has 2 heteroatoms. The number of fused-ring (bicyclic) bond motifs is 10. The summed E-state index contributed by atoms with van der Waals surface area (Å²) >= 11 is 0. The van der Waals surface area contributed by atoms with Crippen LogP contribution in [0.3, 0.4) is 0 Å². The zero-order chi connectivity index (χ0) is 30.9. The molecule has 0 fully saturated rings. The molecule has 2 heterocycles. The van der Waals surface area contributed by atoms with E-state index in [4.69, 9.17) is 4.98 Å². The molecule has 10 rings (SSSR count). The van der Waals surface area contributed by atoms with Crippen molar-refractivity contribution in [3.05, 3.63) is 170 Å². The van der Waals surface area contributed by atoms with Gasteiger partial charge >= 0.3 is 0 Å². The Kier molecular flexibility index (Phi) is 5.61. The summed E-state index contributed by atoms with van der Waals surface area (Å²) in [6.45, 7) is 0. The van der Waals surface area contributed by atoms with Gasteiger partial charge in [-0.25, -0.2) is 4.98 Å². The maximum absolute atomic E-state index is 5.12. The van der Waals surface area contributed by atoms with E-state index < -0.39 is 0 Å². The molecular formula is C45H28N2. The maximum atomic E-state index is 5.12. The van der Waals surface area contributed by atoms with Gasteiger partial charge in [0.25, 0.3) is 0 Å². The topological polar surface area (TPSA) is 17.3 Å². The summed E-state index contributed by atoms with van der Waals surface area (Å²) in [5, 5.41) is 8.59. The van der Waals surface area contributed by atoms with Crippen molar-refractivity contribution in [3.63, 3.8) is 0 Å². The second-order valence-electron chi connectivity index (χ2n) is 12.5. The fraction of sp³-hybridized carbons (Fsp3) is 0. The normalized spacial score (nSPS) is 11.8. The molecule has 0 radical (unpaired) electrons. The van der Waals surface area contributed by atoms with Gasteiger partial charge in [-0.2, -0.15) is 0 Å². The van der Waals surface area contributed by atoms with Crippen LogP contribution in [-0.4, -0.2) is 9.38 Å². The SMILES string of the molecule is c1ccc2cc(-c3cc(-c4ccc5ccccc5c4)cc(-c4ccc5c(c4)c4ccccc4n4c6ccccc6nc54)c3)ccc2c1. The van der Waals surface area contributed by atoms with Gasteiger partial charge in [-0.05, 0) is 121 Å². The molecule has 10 aromatic rings. The Labute approximate surface area is 271 Å². The highest BCUT2D eigenvalue weighted by Crippen LogP contribution is 2.38. The first-order valence-corrected chi connectivity index (χ1v) is 16.1. The molecule has 0 saturated carbocycles. The van der Waals surface area contributed by atoms with Crippen LogP contribution in [0.2, 0.25) is 0 Å². The first-order valence-electron chi connectivity index (χ1n) is 16.1. The first-order chi connectivity index (χ1) is 23.3. The second-order valence-corrected chi connectivity index (χ2v) is 12.5. The van der Waals surface area contributed by atoms with Gasteiger partial charge in [0.2, 0.25) is 0 Å². The largest absolute Gasteiger partial charge is 0.292 e. The van der Waals surface area contributed by atoms with Crippen LogP contribution in [-0.2, 0) is 0 Å². The quantitative estimate of drug-likeness (QED) is 0.185. The van der Waals surface area contributed by atoms with E-state index in [-0.39, 0.29) is 0 Å². The minimum Gasteiger partial charge on any atom is -0.292 e. The van der Waals surface area contributed by atoms with E-state index in [1.54, 1.807) is 0 Å². The van der Waals surface area contributed by atoms with Gasteiger partial charge in [-0.1, -0.05) is 109 Å². The van der Waals surface area contributed by atoms with Gasteiger partial charge in [0, 0.05) is 10.8 Å². The van der Waals surface area contributed by atoms with Crippen LogP contribution in [0.5, 0.6) is 0 Å². The molecule has 0 saturated heterocycles. The van der Waals surface area contributed by atoms with Crippen LogP contribution in [0.15, 0.2) is 170 Å². The van der Waals surface area contributed by atoms with Crippen molar-refractivity contribution in [2.24, 2.45) is 0 Å². The van der Waals surface area contributed by atoms with Crippen LogP contribution < -0.4 is 0 Å². The van der Waals surface area contributed by atoms with Gasteiger partial charge in [-0.15, -0.1) is 0 Å². The van der Waals surface area contributed by atoms with E-state index in [1.165, 1.54) is 71.2 Å². The van der Waals surface area contributed by atoms with Gasteiger partial charge in [0.05, 0.1) is 16.6 Å². The number of benzene rings is 8. The molecule has 0 N–H and O–H groups in total. The van der Waals surface area contributed by atoms with Crippen LogP contribution in [0.4, 0.5) is 0 Å². The van der Waals surface area contributed by atoms with Crippen molar-refractivity contribution in [2.75, 3.05) is 0 Å². The molecule has 8 aromatic carbocycles. The van der Waals surface area contributed by atoms with Crippen molar-refractivity contribution in [1.29, 1.82) is 0 Å². The van der Waals surface area contributed by atoms with Crippen LogP contribution in [0.25, 0.3) is 93.3 Å². The Morgan fingerprint density at radius 1 is 0.319 bits per heavy atom. The predicted octanol–water partition coefficient (Wildman–Crippen LogP) is 12.1. The molecular weight excluding hydrogens is 569 g/mol. The fourth-order valence-electron chi connectivity index (χ4n) is 7.35. The van der Waals surface area contributed by atoms with E-state index in [2.05, 4.69) is 174 Å². The monoisotopic (exact) mass is 596 g/mol. The highest BCUT2D eigenvalue weighted by Gasteiger charge is 2.15. The van der Waals surface area contributed by atoms with Crippen molar-refractivity contribution in [3.8, 4) is 33.4 Å². The molecule has 0 unspecified atom stereocenters. The molecule has 0 bridgehead atoms. The number of aromatic nitrogens is 2. The molecule has 0 atom stereocenters. The maximum Gasteiger partial charge on any atom is 0.146 e. The Hall–Kier alpha value is -6.25. The van der Waals surface area contributed by atoms with E-state index >= 15 is 0 Å². The van der Waals surface area contributed by atoms with Gasteiger partial charge in [0.15, 0.2) is 0 Å². The number of hydrogen-bond donors (Lipinski definition) is 0. The predicted molar refractivity (Wildman–Crippen MR) is 199 cm³/mol. The van der Waals surface area contributed by atoms with E-state index in [1.807, 2.05) is 0 Å². The zero-order valence-electron chi connectivity index (χ0n) is 25.6. The summed E-state index contributed by atoms with van der Waals surface area (Å²) in [6, 6.07) is 61.8. The van der Waals surface area contributed by atoms with Crippen LogP contribution in [0, 0.1) is 0 Å². The standard InChI is InChI=1S/C45H28N2/c1-3-11-31-23-33(19-17-29(31)9-1)36-25-37(34-20-18-30-10-2-4-12-32(30)24-34)27-38(26-36)35-21-22-40-41(28-35)39-13-5-7-15-43(39)47-44-16-8-6-14-42(44)46-45(40)47/h1-28H. The number of nitrogens with zero attached hydrogens (tertiary/aromatic N) is 2. The number of hydrogen-bond acceptors (Lipinski definition) is 1. The van der Waals surface area contributed by atoms with E-state index in [9.17, 15) is 0 Å². The van der Waals surface area contributed by atoms with Crippen molar-refractivity contribution < 1.29 is 0 Å². The van der Waals surface area contributed by atoms with Crippen molar-refractivity contribution in [2.45, 2.75) is 0 Å². The third-order valence-corrected chi connectivity index (χ3v) is 9.69. The third kappa shape index (κ3) is 4.16. The zero-order valence-corrected chi connectivity index (χ0v) is 25.6. The van der Waals surface area contributed by atoms with Crippen LogP contribution in [0.1, 0.15) is 0 Å². The second kappa shape index (κ2) is 10.1. The average molecular weight is 597 g/mol. The highest BCUT2D eigenvalue weighted by molar-refractivity contribution is 6.15. The molecule has 0 aliphatic heterocycles. The number of pyridine rings is 1. The fourth-order valence-corrected chi connectivity index (χ4v) is 7.35. The molecule has 0 aliphatic carbocycles. The summed E-state index contributed by atoms with van der Waals surface area (Å²) in [6.07, 6.45) is 0. The lowest BCUT2D eigenvalue weighted by atomic mass is 9.91. The minimum atomic E-state index is 0.994. The average Bonchev–Trinajstić information content (AvgIpc) is 3.54. The smallest absolute Gasteiger partial charge is 0.146 e. The van der Waals surface area contributed by atoms with Gasteiger partial charge in [0.1, 0.15) is 5.65 Å². The molecule has 47 heavy (non-hydrogen) atoms. The lowest BCUT2D eigenvalue weighted by Crippen LogP contribution is -1.92. The molecule has 218 valence electrons. The molecule has 0 aliphatic rings. The van der Waals surface area contributed by atoms with Crippen molar-refractivity contribution >= 4 is 59.9 Å². The van der Waals surface area contributed by atoms with E-state index in [0.717, 1.165) is 22.1 Å². The summed E-state index contributed by atoms with van der Waals surface area (Å²) in [4.78, 5) is 5.12. The molecule has 2 nitrogen and oxygen atoms in total. The number of para-hydroxylation sites is 3. The lowest BCUT2D eigenvalue weighted by molar-refractivity contribution is 1.31. The summed E-state index contributed by atoms with van der Waals surface area (Å²) in [5.41, 5.74) is 11.5. The minimum absolute atomic E-state index is 0.994. The Balaban J connectivity index is 1.23. The summed E-state index contributed by atoms with van der Waals surface area (Å²) < 4.78 is 2.31. The number of imidazole rings is 1. The number of rotatable bonds is 3. The Morgan fingerprint density at radius 3 is 1.49 bits per heavy atom. The molecule has 2 aromatic heterocycles. The summed E-state index contributed by atoms with van der Waals surface area (Å²) in [5.74, 6) is 0.